The number of benzene rings is 2. The molecule has 1 saturated heterocycles. The van der Waals surface area contributed by atoms with E-state index in [0.29, 0.717) is 36.7 Å². The van der Waals surface area contributed by atoms with E-state index in [2.05, 4.69) is 43.7 Å². The standard InChI is InChI=1S/C25H24N8O2/c1-16-27-24(31-35-16)17-5-7-20(8-6-17)28-23-14-21(29-25(30-23)33-9-11-34-12-10-33)18-3-4-19-15-26-32(2)22(19)13-18/h3-8,13-15H,9-12H2,1-2H3,(H,28,29,30). The van der Waals surface area contributed by atoms with Crippen molar-refractivity contribution in [3.05, 3.63) is 60.6 Å². The predicted octanol–water partition coefficient (Wildman–Crippen LogP) is 3.97. The second kappa shape index (κ2) is 8.80. The molecule has 3 aromatic heterocycles. The first kappa shape index (κ1) is 21.2. The van der Waals surface area contributed by atoms with Gasteiger partial charge >= 0.3 is 0 Å². The van der Waals surface area contributed by atoms with Crippen LogP contribution in [0.3, 0.4) is 0 Å². The van der Waals surface area contributed by atoms with E-state index in [-0.39, 0.29) is 0 Å². The molecule has 0 amide bonds. The lowest BCUT2D eigenvalue weighted by molar-refractivity contribution is 0.122. The van der Waals surface area contributed by atoms with Crippen LogP contribution in [0.15, 0.2) is 59.3 Å². The summed E-state index contributed by atoms with van der Waals surface area (Å²) in [7, 11) is 1.94. The molecule has 10 nitrogen and oxygen atoms in total. The molecule has 1 N–H and O–H groups in total. The number of ether oxygens (including phenoxy) is 1. The highest BCUT2D eigenvalue weighted by atomic mass is 16.5. The van der Waals surface area contributed by atoms with Crippen LogP contribution in [0.1, 0.15) is 5.89 Å². The van der Waals surface area contributed by atoms with Gasteiger partial charge in [-0.25, -0.2) is 4.98 Å². The quantitative estimate of drug-likeness (QED) is 0.410. The fraction of sp³-hybridized carbons (Fsp3) is 0.240. The van der Waals surface area contributed by atoms with Gasteiger partial charge < -0.3 is 19.5 Å². The number of hydrogen-bond acceptors (Lipinski definition) is 9. The molecule has 0 radical (unpaired) electrons. The molecule has 10 heteroatoms. The smallest absolute Gasteiger partial charge is 0.228 e. The van der Waals surface area contributed by atoms with E-state index < -0.39 is 0 Å². The molecule has 0 bridgehead atoms. The molecule has 2 aromatic carbocycles. The Bertz CT molecular complexity index is 1490. The molecule has 0 aliphatic carbocycles. The van der Waals surface area contributed by atoms with Crippen LogP contribution in [0.2, 0.25) is 0 Å². The molecule has 35 heavy (non-hydrogen) atoms. The molecular formula is C25H24N8O2. The Morgan fingerprint density at radius 1 is 0.914 bits per heavy atom. The van der Waals surface area contributed by atoms with Gasteiger partial charge in [-0.05, 0) is 30.3 Å². The van der Waals surface area contributed by atoms with Crippen LogP contribution in [0, 0.1) is 6.92 Å². The third-order valence-corrected chi connectivity index (χ3v) is 6.00. The largest absolute Gasteiger partial charge is 0.378 e. The number of fused-ring (bicyclic) bond motifs is 1. The highest BCUT2D eigenvalue weighted by Gasteiger charge is 2.17. The number of morpholine rings is 1. The molecule has 0 saturated carbocycles. The molecule has 0 unspecified atom stereocenters. The highest BCUT2D eigenvalue weighted by Crippen LogP contribution is 2.28. The Hall–Kier alpha value is -4.31. The van der Waals surface area contributed by atoms with Crippen LogP contribution in [-0.2, 0) is 11.8 Å². The lowest BCUT2D eigenvalue weighted by atomic mass is 10.1. The molecule has 1 fully saturated rings. The monoisotopic (exact) mass is 468 g/mol. The summed E-state index contributed by atoms with van der Waals surface area (Å²) in [4.78, 5) is 16.2. The molecule has 0 spiro atoms. The average molecular weight is 469 g/mol. The topological polar surface area (TPSA) is 107 Å². The minimum Gasteiger partial charge on any atom is -0.378 e. The van der Waals surface area contributed by atoms with Crippen LogP contribution in [0.4, 0.5) is 17.5 Å². The van der Waals surface area contributed by atoms with E-state index >= 15 is 0 Å². The number of aryl methyl sites for hydroxylation is 2. The van der Waals surface area contributed by atoms with Crippen molar-refractivity contribution >= 4 is 28.4 Å². The zero-order valence-corrected chi connectivity index (χ0v) is 19.5. The van der Waals surface area contributed by atoms with E-state index in [1.807, 2.05) is 48.3 Å². The van der Waals surface area contributed by atoms with E-state index in [1.165, 1.54) is 0 Å². The maximum atomic E-state index is 5.52. The van der Waals surface area contributed by atoms with Crippen molar-refractivity contribution < 1.29 is 9.26 Å². The van der Waals surface area contributed by atoms with E-state index in [1.54, 1.807) is 6.92 Å². The van der Waals surface area contributed by atoms with Crippen molar-refractivity contribution in [2.45, 2.75) is 6.92 Å². The Labute approximate surface area is 201 Å². The van der Waals surface area contributed by atoms with Crippen molar-refractivity contribution in [2.75, 3.05) is 36.5 Å². The van der Waals surface area contributed by atoms with E-state index in [4.69, 9.17) is 19.2 Å². The number of rotatable bonds is 5. The lowest BCUT2D eigenvalue weighted by Gasteiger charge is -2.27. The molecule has 4 heterocycles. The first-order valence-electron chi connectivity index (χ1n) is 11.4. The summed E-state index contributed by atoms with van der Waals surface area (Å²) in [6.07, 6.45) is 1.87. The van der Waals surface area contributed by atoms with Crippen molar-refractivity contribution in [2.24, 2.45) is 7.05 Å². The van der Waals surface area contributed by atoms with Gasteiger partial charge in [-0.2, -0.15) is 15.1 Å². The maximum Gasteiger partial charge on any atom is 0.228 e. The van der Waals surface area contributed by atoms with Gasteiger partial charge in [0.25, 0.3) is 0 Å². The second-order valence-corrected chi connectivity index (χ2v) is 8.42. The Balaban J connectivity index is 1.35. The van der Waals surface area contributed by atoms with Crippen molar-refractivity contribution in [3.8, 4) is 22.6 Å². The third kappa shape index (κ3) is 4.31. The molecule has 5 aromatic rings. The van der Waals surface area contributed by atoms with Crippen molar-refractivity contribution in [1.29, 1.82) is 0 Å². The highest BCUT2D eigenvalue weighted by molar-refractivity contribution is 5.84. The zero-order valence-electron chi connectivity index (χ0n) is 19.5. The molecule has 1 aliphatic heterocycles. The third-order valence-electron chi connectivity index (χ3n) is 6.00. The summed E-state index contributed by atoms with van der Waals surface area (Å²) in [6.45, 7) is 4.60. The number of nitrogens with zero attached hydrogens (tertiary/aromatic N) is 7. The van der Waals surface area contributed by atoms with E-state index in [9.17, 15) is 0 Å². The van der Waals surface area contributed by atoms with Crippen LogP contribution in [0.25, 0.3) is 33.5 Å². The van der Waals surface area contributed by atoms with Crippen LogP contribution >= 0.6 is 0 Å². The average Bonchev–Trinajstić information content (AvgIpc) is 3.50. The van der Waals surface area contributed by atoms with E-state index in [0.717, 1.165) is 46.5 Å². The van der Waals surface area contributed by atoms with Gasteiger partial charge in [0, 0.05) is 55.3 Å². The zero-order chi connectivity index (χ0) is 23.8. The van der Waals surface area contributed by atoms with Crippen LogP contribution in [0.5, 0.6) is 0 Å². The Morgan fingerprint density at radius 2 is 1.71 bits per heavy atom. The fourth-order valence-corrected chi connectivity index (χ4v) is 4.12. The molecular weight excluding hydrogens is 444 g/mol. The van der Waals surface area contributed by atoms with Gasteiger partial charge in [0.15, 0.2) is 0 Å². The summed E-state index contributed by atoms with van der Waals surface area (Å²) in [5.41, 5.74) is 4.67. The summed E-state index contributed by atoms with van der Waals surface area (Å²) >= 11 is 0. The second-order valence-electron chi connectivity index (χ2n) is 8.42. The SMILES string of the molecule is Cc1nc(-c2ccc(Nc3cc(-c4ccc5cnn(C)c5c4)nc(N4CCOCC4)n3)cc2)no1. The van der Waals surface area contributed by atoms with Gasteiger partial charge in [0.05, 0.1) is 30.6 Å². The minimum absolute atomic E-state index is 0.538. The number of anilines is 3. The van der Waals surface area contributed by atoms with Gasteiger partial charge in [0.1, 0.15) is 5.82 Å². The number of aromatic nitrogens is 6. The fourth-order valence-electron chi connectivity index (χ4n) is 4.12. The summed E-state index contributed by atoms with van der Waals surface area (Å²) < 4.78 is 12.5. The van der Waals surface area contributed by atoms with Crippen LogP contribution in [-0.4, -0.2) is 56.2 Å². The first-order valence-corrected chi connectivity index (χ1v) is 11.4. The Morgan fingerprint density at radius 3 is 2.49 bits per heavy atom. The molecule has 1 aliphatic rings. The van der Waals surface area contributed by atoms with Gasteiger partial charge in [0.2, 0.25) is 17.7 Å². The first-order chi connectivity index (χ1) is 17.1. The number of nitrogens with one attached hydrogen (secondary N) is 1. The molecule has 176 valence electrons. The number of hydrogen-bond donors (Lipinski definition) is 1. The summed E-state index contributed by atoms with van der Waals surface area (Å²) in [6, 6.07) is 16.1. The summed E-state index contributed by atoms with van der Waals surface area (Å²) in [5.74, 6) is 2.50. The van der Waals surface area contributed by atoms with Crippen molar-refractivity contribution in [1.82, 2.24) is 29.9 Å². The van der Waals surface area contributed by atoms with Crippen molar-refractivity contribution in [3.63, 3.8) is 0 Å². The van der Waals surface area contributed by atoms with Gasteiger partial charge in [-0.3, -0.25) is 4.68 Å². The minimum atomic E-state index is 0.538. The predicted molar refractivity (Wildman–Crippen MR) is 133 cm³/mol. The summed E-state index contributed by atoms with van der Waals surface area (Å²) in [5, 5.41) is 12.9. The molecule has 0 atom stereocenters. The molecule has 6 rings (SSSR count). The Kier molecular flexibility index (Phi) is 5.34. The van der Waals surface area contributed by atoms with Crippen LogP contribution < -0.4 is 10.2 Å². The van der Waals surface area contributed by atoms with Gasteiger partial charge in [-0.15, -0.1) is 0 Å². The lowest BCUT2D eigenvalue weighted by Crippen LogP contribution is -2.37. The normalized spacial score (nSPS) is 13.9. The maximum absolute atomic E-state index is 5.52. The van der Waals surface area contributed by atoms with Gasteiger partial charge in [-0.1, -0.05) is 17.3 Å².